The first-order valence-electron chi connectivity index (χ1n) is 6.62. The first-order chi connectivity index (χ1) is 9.54. The van der Waals surface area contributed by atoms with Crippen LogP contribution in [0.25, 0.3) is 11.0 Å². The molecule has 0 saturated heterocycles. The molecule has 1 aromatic heterocycles. The van der Waals surface area contributed by atoms with Crippen LogP contribution in [0, 0.1) is 17.6 Å². The van der Waals surface area contributed by atoms with Crippen molar-refractivity contribution in [1.82, 2.24) is 5.32 Å². The summed E-state index contributed by atoms with van der Waals surface area (Å²) in [5.41, 5.74) is 0.522. The smallest absolute Gasteiger partial charge is 0.173 e. The highest BCUT2D eigenvalue weighted by molar-refractivity contribution is 5.83. The Balaban J connectivity index is 2.40. The monoisotopic (exact) mass is 283 g/mol. The molecule has 2 rings (SSSR count). The van der Waals surface area contributed by atoms with Crippen molar-refractivity contribution in [3.8, 4) is 0 Å². The molecule has 0 aliphatic rings. The van der Waals surface area contributed by atoms with Gasteiger partial charge in [0.05, 0.1) is 18.5 Å². The maximum absolute atomic E-state index is 13.9. The Hall–Kier alpha value is -1.46. The largest absolute Gasteiger partial charge is 0.456 e. The highest BCUT2D eigenvalue weighted by Gasteiger charge is 2.20. The van der Waals surface area contributed by atoms with Gasteiger partial charge in [0.25, 0.3) is 0 Å². The lowest BCUT2D eigenvalue weighted by molar-refractivity contribution is 0.183. The van der Waals surface area contributed by atoms with Gasteiger partial charge in [0, 0.05) is 12.7 Å². The zero-order chi connectivity index (χ0) is 14.7. The molecule has 3 nitrogen and oxygen atoms in total. The molecule has 0 saturated carbocycles. The van der Waals surface area contributed by atoms with E-state index in [2.05, 4.69) is 19.2 Å². The normalized spacial score (nSPS) is 11.7. The first kappa shape index (κ1) is 14.9. The number of fused-ring (bicyclic) bond motifs is 1. The zero-order valence-corrected chi connectivity index (χ0v) is 11.9. The van der Waals surface area contributed by atoms with Gasteiger partial charge in [-0.15, -0.1) is 0 Å². The Morgan fingerprint density at radius 3 is 2.60 bits per heavy atom. The second-order valence-corrected chi connectivity index (χ2v) is 5.19. The van der Waals surface area contributed by atoms with Crippen molar-refractivity contribution >= 4 is 11.0 Å². The van der Waals surface area contributed by atoms with Crippen LogP contribution in [0.3, 0.4) is 0 Å². The van der Waals surface area contributed by atoms with Crippen LogP contribution < -0.4 is 5.32 Å². The van der Waals surface area contributed by atoms with Gasteiger partial charge in [0.15, 0.2) is 11.4 Å². The molecule has 0 bridgehead atoms. The van der Waals surface area contributed by atoms with Crippen molar-refractivity contribution in [2.45, 2.75) is 27.0 Å². The van der Waals surface area contributed by atoms with Crippen LogP contribution in [0.1, 0.15) is 25.2 Å². The molecule has 2 aromatic rings. The second kappa shape index (κ2) is 6.33. The highest BCUT2D eigenvalue weighted by atomic mass is 19.1. The Kier molecular flexibility index (Phi) is 4.73. The maximum atomic E-state index is 13.9. The third kappa shape index (κ3) is 2.99. The number of hydrogen-bond donors (Lipinski definition) is 1. The van der Waals surface area contributed by atoms with Gasteiger partial charge >= 0.3 is 0 Å². The van der Waals surface area contributed by atoms with Crippen molar-refractivity contribution in [2.24, 2.45) is 5.92 Å². The molecule has 0 spiro atoms. The van der Waals surface area contributed by atoms with Crippen LogP contribution in [0.15, 0.2) is 16.5 Å². The summed E-state index contributed by atoms with van der Waals surface area (Å²) in [5, 5.41) is 3.38. The van der Waals surface area contributed by atoms with E-state index in [1.54, 1.807) is 0 Å². The molecule has 110 valence electrons. The van der Waals surface area contributed by atoms with Crippen molar-refractivity contribution in [3.63, 3.8) is 0 Å². The van der Waals surface area contributed by atoms with Gasteiger partial charge in [-0.1, -0.05) is 13.8 Å². The molecule has 0 aliphatic carbocycles. The van der Waals surface area contributed by atoms with Crippen LogP contribution in [-0.4, -0.2) is 13.7 Å². The SMILES string of the molecule is COCc1c(CNCC(C)C)oc2c(F)ccc(F)c12. The maximum Gasteiger partial charge on any atom is 0.173 e. The van der Waals surface area contributed by atoms with Crippen molar-refractivity contribution in [1.29, 1.82) is 0 Å². The fraction of sp³-hybridized carbons (Fsp3) is 0.467. The van der Waals surface area contributed by atoms with Gasteiger partial charge in [-0.25, -0.2) is 8.78 Å². The van der Waals surface area contributed by atoms with E-state index in [1.807, 2.05) is 0 Å². The summed E-state index contributed by atoms with van der Waals surface area (Å²) >= 11 is 0. The van der Waals surface area contributed by atoms with Gasteiger partial charge in [0.1, 0.15) is 11.6 Å². The lowest BCUT2D eigenvalue weighted by Gasteiger charge is -2.07. The van der Waals surface area contributed by atoms with E-state index >= 15 is 0 Å². The van der Waals surface area contributed by atoms with E-state index in [1.165, 1.54) is 7.11 Å². The van der Waals surface area contributed by atoms with E-state index < -0.39 is 11.6 Å². The molecule has 0 atom stereocenters. The van der Waals surface area contributed by atoms with Gasteiger partial charge < -0.3 is 14.5 Å². The molecule has 0 unspecified atom stereocenters. The molecule has 20 heavy (non-hydrogen) atoms. The second-order valence-electron chi connectivity index (χ2n) is 5.19. The number of furan rings is 1. The minimum Gasteiger partial charge on any atom is -0.456 e. The molecule has 1 heterocycles. The molecule has 0 radical (unpaired) electrons. The third-order valence-corrected chi connectivity index (χ3v) is 3.05. The first-order valence-corrected chi connectivity index (χ1v) is 6.62. The van der Waals surface area contributed by atoms with Gasteiger partial charge in [-0.05, 0) is 24.6 Å². The number of ether oxygens (including phenoxy) is 1. The number of rotatable bonds is 6. The summed E-state index contributed by atoms with van der Waals surface area (Å²) in [7, 11) is 1.52. The molecule has 1 aromatic carbocycles. The van der Waals surface area contributed by atoms with Gasteiger partial charge in [-0.2, -0.15) is 0 Å². The summed E-state index contributed by atoms with van der Waals surface area (Å²) in [5.74, 6) is -0.0496. The van der Waals surface area contributed by atoms with E-state index in [0.29, 0.717) is 23.8 Å². The van der Waals surface area contributed by atoms with Crippen LogP contribution >= 0.6 is 0 Å². The van der Waals surface area contributed by atoms with Crippen LogP contribution in [-0.2, 0) is 17.9 Å². The van der Waals surface area contributed by atoms with E-state index in [0.717, 1.165) is 18.7 Å². The predicted octanol–water partition coefficient (Wildman–Crippen LogP) is 3.60. The predicted molar refractivity (Wildman–Crippen MR) is 73.4 cm³/mol. The number of halogens is 2. The summed E-state index contributed by atoms with van der Waals surface area (Å²) in [6.07, 6.45) is 0. The Labute approximate surface area is 116 Å². The van der Waals surface area contributed by atoms with Crippen molar-refractivity contribution in [2.75, 3.05) is 13.7 Å². The van der Waals surface area contributed by atoms with E-state index in [9.17, 15) is 8.78 Å². The average molecular weight is 283 g/mol. The van der Waals surface area contributed by atoms with Gasteiger partial charge in [0.2, 0.25) is 0 Å². The summed E-state index contributed by atoms with van der Waals surface area (Å²) in [4.78, 5) is 0. The summed E-state index contributed by atoms with van der Waals surface area (Å²) in [6.45, 7) is 5.58. The summed E-state index contributed by atoms with van der Waals surface area (Å²) in [6, 6.07) is 2.18. The molecule has 0 amide bonds. The van der Waals surface area contributed by atoms with Crippen LogP contribution in [0.2, 0.25) is 0 Å². The standard InChI is InChI=1S/C15H19F2NO2/c1-9(2)6-18-7-13-10(8-19-3)14-11(16)4-5-12(17)15(14)20-13/h4-5,9,18H,6-8H2,1-3H3. The lowest BCUT2D eigenvalue weighted by atomic mass is 10.1. The van der Waals surface area contributed by atoms with Crippen molar-refractivity contribution < 1.29 is 17.9 Å². The Bertz CT molecular complexity index is 593. The van der Waals surface area contributed by atoms with Crippen LogP contribution in [0.5, 0.6) is 0 Å². The topological polar surface area (TPSA) is 34.4 Å². The molecule has 1 N–H and O–H groups in total. The molecule has 5 heteroatoms. The Morgan fingerprint density at radius 2 is 1.95 bits per heavy atom. The van der Waals surface area contributed by atoms with E-state index in [4.69, 9.17) is 9.15 Å². The number of hydrogen-bond acceptors (Lipinski definition) is 3. The minimum atomic E-state index is -0.561. The highest BCUT2D eigenvalue weighted by Crippen LogP contribution is 2.30. The van der Waals surface area contributed by atoms with Gasteiger partial charge in [-0.3, -0.25) is 0 Å². The lowest BCUT2D eigenvalue weighted by Crippen LogP contribution is -2.19. The fourth-order valence-corrected chi connectivity index (χ4v) is 2.15. The van der Waals surface area contributed by atoms with E-state index in [-0.39, 0.29) is 17.6 Å². The molecule has 0 fully saturated rings. The molecule has 0 aliphatic heterocycles. The van der Waals surface area contributed by atoms with Crippen LogP contribution in [0.4, 0.5) is 8.78 Å². The summed E-state index contributed by atoms with van der Waals surface area (Å²) < 4.78 is 38.2. The molecular weight excluding hydrogens is 264 g/mol. The number of methoxy groups -OCH3 is 1. The number of nitrogens with one attached hydrogen (secondary N) is 1. The van der Waals surface area contributed by atoms with Crippen molar-refractivity contribution in [3.05, 3.63) is 35.1 Å². The minimum absolute atomic E-state index is 0.0432. The quantitative estimate of drug-likeness (QED) is 0.879. The zero-order valence-electron chi connectivity index (χ0n) is 11.9. The molecular formula is C15H19F2NO2. The third-order valence-electron chi connectivity index (χ3n) is 3.05. The average Bonchev–Trinajstić information content (AvgIpc) is 2.75. The number of benzene rings is 1. The Morgan fingerprint density at radius 1 is 1.25 bits per heavy atom. The fourth-order valence-electron chi connectivity index (χ4n) is 2.15.